The van der Waals surface area contributed by atoms with Gasteiger partial charge < -0.3 is 15.4 Å². The molecule has 0 bridgehead atoms. The summed E-state index contributed by atoms with van der Waals surface area (Å²) in [5.74, 6) is 4.35. The maximum atomic E-state index is 12.8. The Balaban J connectivity index is 1.47. The number of nitrogens with one attached hydrogen (secondary N) is 3. The van der Waals surface area contributed by atoms with E-state index in [1.807, 2.05) is 29.6 Å². The number of carbonyl (C=O) groups excluding carboxylic acids is 1. The van der Waals surface area contributed by atoms with Crippen molar-refractivity contribution in [1.29, 1.82) is 0 Å². The Labute approximate surface area is 195 Å². The van der Waals surface area contributed by atoms with E-state index in [4.69, 9.17) is 4.74 Å². The lowest BCUT2D eigenvalue weighted by Crippen LogP contribution is -2.31. The molecule has 170 valence electrons. The highest BCUT2D eigenvalue weighted by molar-refractivity contribution is 7.99. The van der Waals surface area contributed by atoms with Gasteiger partial charge >= 0.3 is 6.09 Å². The molecule has 4 aromatic rings. The molecule has 2 aromatic heterocycles. The molecular weight excluding hydrogens is 460 g/mol. The molecule has 4 rings (SSSR count). The number of benzene rings is 2. The number of nitrogens with zero attached hydrogens (tertiary/aromatic N) is 3. The van der Waals surface area contributed by atoms with E-state index < -0.39 is 15.8 Å². The summed E-state index contributed by atoms with van der Waals surface area (Å²) < 4.78 is 20.0. The number of fused-ring (bicyclic) bond motifs is 1. The Bertz CT molecular complexity index is 1370. The smallest absolute Gasteiger partial charge is 0.418 e. The third-order valence-corrected chi connectivity index (χ3v) is 6.79. The lowest BCUT2D eigenvalue weighted by Gasteiger charge is -2.13. The fourth-order valence-corrected chi connectivity index (χ4v) is 4.69. The average Bonchev–Trinajstić information content (AvgIpc) is 3.31. The van der Waals surface area contributed by atoms with E-state index in [0.29, 0.717) is 17.3 Å². The van der Waals surface area contributed by atoms with E-state index in [9.17, 15) is 9.00 Å². The molecule has 0 aliphatic carbocycles. The predicted octanol–water partition coefficient (Wildman–Crippen LogP) is 4.18. The van der Waals surface area contributed by atoms with Crippen LogP contribution >= 0.6 is 11.3 Å². The van der Waals surface area contributed by atoms with Crippen molar-refractivity contribution in [2.24, 2.45) is 0 Å². The summed E-state index contributed by atoms with van der Waals surface area (Å²) in [6.45, 7) is 2.34. The van der Waals surface area contributed by atoms with Crippen molar-refractivity contribution in [1.82, 2.24) is 19.7 Å². The SMILES string of the molecule is C=S(=O)(NC(=O)OCC)c1cccc(CNc2ccc3c(Nc4nccs4)ncnc3c2)c1. The second-order valence-electron chi connectivity index (χ2n) is 6.92. The number of hydrogen-bond acceptors (Lipinski definition) is 9. The van der Waals surface area contributed by atoms with Crippen LogP contribution in [0.25, 0.3) is 10.9 Å². The van der Waals surface area contributed by atoms with Gasteiger partial charge in [-0.05, 0) is 48.7 Å². The van der Waals surface area contributed by atoms with Crippen LogP contribution in [-0.4, -0.2) is 37.7 Å². The Morgan fingerprint density at radius 3 is 2.85 bits per heavy atom. The molecule has 0 aliphatic heterocycles. The van der Waals surface area contributed by atoms with Gasteiger partial charge in [0.2, 0.25) is 0 Å². The maximum Gasteiger partial charge on any atom is 0.418 e. The van der Waals surface area contributed by atoms with Gasteiger partial charge in [0.05, 0.1) is 21.8 Å². The summed E-state index contributed by atoms with van der Waals surface area (Å²) in [6, 6.07) is 12.9. The van der Waals surface area contributed by atoms with Crippen LogP contribution < -0.4 is 15.4 Å². The summed E-state index contributed by atoms with van der Waals surface area (Å²) in [6.07, 6.45) is 2.48. The van der Waals surface area contributed by atoms with Crippen molar-refractivity contribution in [2.75, 3.05) is 17.2 Å². The number of anilines is 3. The third kappa shape index (κ3) is 5.57. The number of amides is 1. The number of rotatable bonds is 8. The van der Waals surface area contributed by atoms with Crippen molar-refractivity contribution in [3.8, 4) is 0 Å². The van der Waals surface area contributed by atoms with Crippen LogP contribution in [0.2, 0.25) is 0 Å². The zero-order valence-corrected chi connectivity index (χ0v) is 19.4. The van der Waals surface area contributed by atoms with Crippen LogP contribution in [0, 0.1) is 0 Å². The average molecular weight is 483 g/mol. The lowest BCUT2D eigenvalue weighted by atomic mass is 10.2. The second kappa shape index (κ2) is 9.84. The summed E-state index contributed by atoms with van der Waals surface area (Å²) in [5, 5.41) is 10.1. The molecule has 0 fully saturated rings. The summed E-state index contributed by atoms with van der Waals surface area (Å²) >= 11 is 1.49. The van der Waals surface area contributed by atoms with Crippen LogP contribution in [0.5, 0.6) is 0 Å². The van der Waals surface area contributed by atoms with E-state index in [-0.39, 0.29) is 6.61 Å². The van der Waals surface area contributed by atoms with Gasteiger partial charge in [0.1, 0.15) is 12.1 Å². The first-order valence-corrected chi connectivity index (χ1v) is 12.6. The Hall–Kier alpha value is -3.70. The molecule has 33 heavy (non-hydrogen) atoms. The van der Waals surface area contributed by atoms with Crippen LogP contribution in [-0.2, 0) is 21.0 Å². The normalized spacial score (nSPS) is 12.6. The van der Waals surface area contributed by atoms with Crippen molar-refractivity contribution in [2.45, 2.75) is 18.4 Å². The first-order chi connectivity index (χ1) is 15.9. The molecular formula is C22H22N6O3S2. The summed E-state index contributed by atoms with van der Waals surface area (Å²) in [5.41, 5.74) is 2.53. The highest BCUT2D eigenvalue weighted by atomic mass is 32.2. The van der Waals surface area contributed by atoms with Gasteiger partial charge in [-0.2, -0.15) is 0 Å². The molecule has 0 radical (unpaired) electrons. The molecule has 2 aromatic carbocycles. The van der Waals surface area contributed by atoms with Crippen LogP contribution in [0.4, 0.5) is 21.4 Å². The zero-order chi connectivity index (χ0) is 23.3. The van der Waals surface area contributed by atoms with Crippen molar-refractivity contribution in [3.63, 3.8) is 0 Å². The van der Waals surface area contributed by atoms with E-state index in [2.05, 4.69) is 36.2 Å². The molecule has 2 heterocycles. The minimum absolute atomic E-state index is 0.185. The minimum atomic E-state index is -3.02. The monoisotopic (exact) mass is 482 g/mol. The Morgan fingerprint density at radius 2 is 2.06 bits per heavy atom. The number of thiazole rings is 1. The van der Waals surface area contributed by atoms with Gasteiger partial charge in [0, 0.05) is 34.1 Å². The number of ether oxygens (including phenoxy) is 1. The minimum Gasteiger partial charge on any atom is -0.449 e. The molecule has 1 amide bonds. The number of aromatic nitrogens is 3. The molecule has 0 saturated carbocycles. The largest absolute Gasteiger partial charge is 0.449 e. The molecule has 0 spiro atoms. The predicted molar refractivity (Wildman–Crippen MR) is 132 cm³/mol. The number of carbonyl (C=O) groups is 1. The van der Waals surface area contributed by atoms with Crippen molar-refractivity contribution >= 4 is 60.5 Å². The lowest BCUT2D eigenvalue weighted by molar-refractivity contribution is 0.159. The van der Waals surface area contributed by atoms with Gasteiger partial charge in [-0.3, -0.25) is 0 Å². The van der Waals surface area contributed by atoms with Crippen LogP contribution in [0.1, 0.15) is 12.5 Å². The fourth-order valence-electron chi connectivity index (χ4n) is 3.07. The van der Waals surface area contributed by atoms with Crippen molar-refractivity contribution in [3.05, 3.63) is 65.9 Å². The Kier molecular flexibility index (Phi) is 6.71. The number of hydrogen-bond donors (Lipinski definition) is 3. The molecule has 1 atom stereocenters. The molecule has 9 nitrogen and oxygen atoms in total. The van der Waals surface area contributed by atoms with Crippen LogP contribution in [0.15, 0.2) is 65.3 Å². The van der Waals surface area contributed by atoms with E-state index in [1.54, 1.807) is 31.3 Å². The molecule has 0 saturated heterocycles. The molecule has 1 unspecified atom stereocenters. The topological polar surface area (TPSA) is 118 Å². The van der Waals surface area contributed by atoms with Crippen LogP contribution in [0.3, 0.4) is 0 Å². The Morgan fingerprint density at radius 1 is 1.18 bits per heavy atom. The fraction of sp³-hybridized carbons (Fsp3) is 0.136. The van der Waals surface area contributed by atoms with Gasteiger partial charge in [0.15, 0.2) is 5.13 Å². The molecule has 11 heteroatoms. The summed E-state index contributed by atoms with van der Waals surface area (Å²) in [4.78, 5) is 25.0. The highest BCUT2D eigenvalue weighted by Crippen LogP contribution is 2.26. The quantitative estimate of drug-likeness (QED) is 0.320. The van der Waals surface area contributed by atoms with E-state index in [0.717, 1.165) is 27.3 Å². The zero-order valence-electron chi connectivity index (χ0n) is 17.8. The standard InChI is InChI=1S/C22H22N6O3S2/c1-3-31-22(29)28-33(2,30)17-6-4-5-15(11-17)13-24-16-7-8-18-19(12-16)25-14-26-20(18)27-21-23-9-10-32-21/h4-12,14,24H,2-3,13H2,1H3,(H,28,29,30)(H,23,25,26,27). The van der Waals surface area contributed by atoms with Gasteiger partial charge in [-0.1, -0.05) is 12.1 Å². The third-order valence-electron chi connectivity index (χ3n) is 4.59. The first kappa shape index (κ1) is 22.5. The maximum absolute atomic E-state index is 12.8. The van der Waals surface area contributed by atoms with Crippen molar-refractivity contribution < 1.29 is 13.7 Å². The second-order valence-corrected chi connectivity index (χ2v) is 9.84. The highest BCUT2D eigenvalue weighted by Gasteiger charge is 2.13. The van der Waals surface area contributed by atoms with Gasteiger partial charge in [-0.25, -0.2) is 28.7 Å². The van der Waals surface area contributed by atoms with Gasteiger partial charge in [-0.15, -0.1) is 11.3 Å². The van der Waals surface area contributed by atoms with Gasteiger partial charge in [0.25, 0.3) is 0 Å². The summed E-state index contributed by atoms with van der Waals surface area (Å²) in [7, 11) is -3.02. The molecule has 3 N–H and O–H groups in total. The van der Waals surface area contributed by atoms with E-state index in [1.165, 1.54) is 17.7 Å². The first-order valence-electron chi connectivity index (χ1n) is 10.0. The van der Waals surface area contributed by atoms with E-state index >= 15 is 0 Å². The molecule has 0 aliphatic rings.